The van der Waals surface area contributed by atoms with E-state index in [0.29, 0.717) is 0 Å². The Morgan fingerprint density at radius 2 is 2.07 bits per heavy atom. The molecule has 14 heavy (non-hydrogen) atoms. The van der Waals surface area contributed by atoms with Crippen molar-refractivity contribution in [3.63, 3.8) is 0 Å². The van der Waals surface area contributed by atoms with Crippen molar-refractivity contribution in [3.05, 3.63) is 30.1 Å². The third-order valence-electron chi connectivity index (χ3n) is 3.26. The number of nitrogens with two attached hydrogens (primary N) is 1. The molecule has 0 atom stereocenters. The van der Waals surface area contributed by atoms with Crippen LogP contribution in [0.1, 0.15) is 38.2 Å². The van der Waals surface area contributed by atoms with Crippen LogP contribution in [0.3, 0.4) is 0 Å². The minimum absolute atomic E-state index is 0.0528. The maximum absolute atomic E-state index is 6.32. The number of hydrogen-bond donors (Lipinski definition) is 1. The predicted molar refractivity (Wildman–Crippen MR) is 57.7 cm³/mol. The van der Waals surface area contributed by atoms with E-state index in [-0.39, 0.29) is 5.54 Å². The Labute approximate surface area is 85.5 Å². The van der Waals surface area contributed by atoms with Gasteiger partial charge in [-0.15, -0.1) is 0 Å². The SMILES string of the molecule is CCCC1CC(N)(c2ccncc2)C1. The monoisotopic (exact) mass is 190 g/mol. The van der Waals surface area contributed by atoms with Crippen molar-refractivity contribution in [2.75, 3.05) is 0 Å². The van der Waals surface area contributed by atoms with Crippen LogP contribution in [-0.4, -0.2) is 4.98 Å². The Balaban J connectivity index is 2.01. The molecule has 1 saturated carbocycles. The van der Waals surface area contributed by atoms with Crippen molar-refractivity contribution in [2.45, 2.75) is 38.1 Å². The Bertz CT molecular complexity index is 288. The molecule has 2 nitrogen and oxygen atoms in total. The molecule has 0 aliphatic heterocycles. The van der Waals surface area contributed by atoms with Crippen LogP contribution in [0.25, 0.3) is 0 Å². The van der Waals surface area contributed by atoms with Crippen LogP contribution in [-0.2, 0) is 5.54 Å². The first-order valence-electron chi connectivity index (χ1n) is 5.44. The molecule has 1 heterocycles. The van der Waals surface area contributed by atoms with Gasteiger partial charge >= 0.3 is 0 Å². The summed E-state index contributed by atoms with van der Waals surface area (Å²) in [7, 11) is 0. The average molecular weight is 190 g/mol. The highest BCUT2D eigenvalue weighted by Crippen LogP contribution is 2.45. The Hall–Kier alpha value is -0.890. The molecular formula is C12H18N2. The molecule has 1 aromatic heterocycles. The predicted octanol–water partition coefficient (Wildman–Crippen LogP) is 2.45. The fourth-order valence-electron chi connectivity index (χ4n) is 2.50. The molecule has 1 fully saturated rings. The lowest BCUT2D eigenvalue weighted by Crippen LogP contribution is -2.48. The van der Waals surface area contributed by atoms with E-state index in [1.54, 1.807) is 0 Å². The molecule has 1 aliphatic rings. The highest BCUT2D eigenvalue weighted by atomic mass is 14.8. The summed E-state index contributed by atoms with van der Waals surface area (Å²) in [5, 5.41) is 0. The molecule has 2 rings (SSSR count). The highest BCUT2D eigenvalue weighted by Gasteiger charge is 2.41. The van der Waals surface area contributed by atoms with Gasteiger partial charge in [-0.1, -0.05) is 19.8 Å². The molecule has 0 spiro atoms. The first-order valence-corrected chi connectivity index (χ1v) is 5.44. The zero-order valence-corrected chi connectivity index (χ0v) is 8.74. The third-order valence-corrected chi connectivity index (χ3v) is 3.26. The van der Waals surface area contributed by atoms with Crippen molar-refractivity contribution in [1.29, 1.82) is 0 Å². The molecule has 1 aromatic rings. The number of pyridine rings is 1. The first kappa shape index (κ1) is 9.66. The lowest BCUT2D eigenvalue weighted by molar-refractivity contribution is 0.137. The molecule has 2 heteroatoms. The summed E-state index contributed by atoms with van der Waals surface area (Å²) >= 11 is 0. The molecule has 1 aliphatic carbocycles. The molecule has 0 bridgehead atoms. The average Bonchev–Trinajstić information content (AvgIpc) is 2.17. The minimum atomic E-state index is -0.0528. The summed E-state index contributed by atoms with van der Waals surface area (Å²) in [5.74, 6) is 0.846. The zero-order chi connectivity index (χ0) is 10.0. The van der Waals surface area contributed by atoms with Gasteiger partial charge in [0.25, 0.3) is 0 Å². The van der Waals surface area contributed by atoms with Crippen LogP contribution in [0.2, 0.25) is 0 Å². The minimum Gasteiger partial charge on any atom is -0.321 e. The quantitative estimate of drug-likeness (QED) is 0.795. The summed E-state index contributed by atoms with van der Waals surface area (Å²) in [5.41, 5.74) is 7.51. The maximum atomic E-state index is 6.32. The van der Waals surface area contributed by atoms with Crippen molar-refractivity contribution < 1.29 is 0 Å². The van der Waals surface area contributed by atoms with Crippen molar-refractivity contribution in [2.24, 2.45) is 11.7 Å². The van der Waals surface area contributed by atoms with Crippen LogP contribution in [0.15, 0.2) is 24.5 Å². The number of hydrogen-bond acceptors (Lipinski definition) is 2. The number of nitrogens with zero attached hydrogens (tertiary/aromatic N) is 1. The van der Waals surface area contributed by atoms with Gasteiger partial charge in [-0.2, -0.15) is 0 Å². The van der Waals surface area contributed by atoms with Crippen LogP contribution in [0.4, 0.5) is 0 Å². The van der Waals surface area contributed by atoms with Gasteiger partial charge < -0.3 is 5.73 Å². The molecule has 0 saturated heterocycles. The van der Waals surface area contributed by atoms with Crippen LogP contribution >= 0.6 is 0 Å². The Morgan fingerprint density at radius 3 is 2.64 bits per heavy atom. The van der Waals surface area contributed by atoms with E-state index < -0.39 is 0 Å². The number of aromatic nitrogens is 1. The summed E-state index contributed by atoms with van der Waals surface area (Å²) in [4.78, 5) is 4.02. The van der Waals surface area contributed by atoms with E-state index in [0.717, 1.165) is 18.8 Å². The fraction of sp³-hybridized carbons (Fsp3) is 0.583. The normalized spacial score (nSPS) is 31.1. The third kappa shape index (κ3) is 1.67. The standard InChI is InChI=1S/C12H18N2/c1-2-3-10-8-12(13,9-10)11-4-6-14-7-5-11/h4-7,10H,2-3,8-9,13H2,1H3. The van der Waals surface area contributed by atoms with Gasteiger partial charge in [0.15, 0.2) is 0 Å². The molecule has 0 aromatic carbocycles. The second kappa shape index (κ2) is 3.70. The van der Waals surface area contributed by atoms with Gasteiger partial charge in [0.2, 0.25) is 0 Å². The van der Waals surface area contributed by atoms with E-state index in [4.69, 9.17) is 5.73 Å². The summed E-state index contributed by atoms with van der Waals surface area (Å²) < 4.78 is 0. The van der Waals surface area contributed by atoms with Gasteiger partial charge in [0.1, 0.15) is 0 Å². The van der Waals surface area contributed by atoms with Gasteiger partial charge in [-0.3, -0.25) is 4.98 Å². The first-order chi connectivity index (χ1) is 6.74. The Morgan fingerprint density at radius 1 is 1.43 bits per heavy atom. The Kier molecular flexibility index (Phi) is 2.55. The van der Waals surface area contributed by atoms with Crippen molar-refractivity contribution in [1.82, 2.24) is 4.98 Å². The summed E-state index contributed by atoms with van der Waals surface area (Å²) in [6, 6.07) is 4.09. The molecule has 2 N–H and O–H groups in total. The van der Waals surface area contributed by atoms with E-state index in [2.05, 4.69) is 11.9 Å². The van der Waals surface area contributed by atoms with Gasteiger partial charge in [-0.25, -0.2) is 0 Å². The lowest BCUT2D eigenvalue weighted by Gasteiger charge is -2.45. The van der Waals surface area contributed by atoms with Gasteiger partial charge in [0.05, 0.1) is 0 Å². The molecular weight excluding hydrogens is 172 g/mol. The maximum Gasteiger partial charge on any atom is 0.0416 e. The van der Waals surface area contributed by atoms with Gasteiger partial charge in [-0.05, 0) is 36.5 Å². The molecule has 0 unspecified atom stereocenters. The van der Waals surface area contributed by atoms with Gasteiger partial charge in [0, 0.05) is 17.9 Å². The van der Waals surface area contributed by atoms with Crippen molar-refractivity contribution >= 4 is 0 Å². The van der Waals surface area contributed by atoms with E-state index in [1.807, 2.05) is 24.5 Å². The fourth-order valence-corrected chi connectivity index (χ4v) is 2.50. The topological polar surface area (TPSA) is 38.9 Å². The molecule has 0 radical (unpaired) electrons. The summed E-state index contributed by atoms with van der Waals surface area (Å²) in [6.07, 6.45) is 8.55. The number of rotatable bonds is 3. The summed E-state index contributed by atoms with van der Waals surface area (Å²) in [6.45, 7) is 2.24. The van der Waals surface area contributed by atoms with E-state index >= 15 is 0 Å². The lowest BCUT2D eigenvalue weighted by atomic mass is 9.64. The van der Waals surface area contributed by atoms with Crippen LogP contribution in [0, 0.1) is 5.92 Å². The van der Waals surface area contributed by atoms with E-state index in [9.17, 15) is 0 Å². The van der Waals surface area contributed by atoms with Crippen molar-refractivity contribution in [3.8, 4) is 0 Å². The highest BCUT2D eigenvalue weighted by molar-refractivity contribution is 5.24. The smallest absolute Gasteiger partial charge is 0.0416 e. The second-order valence-electron chi connectivity index (χ2n) is 4.45. The second-order valence-corrected chi connectivity index (χ2v) is 4.45. The largest absolute Gasteiger partial charge is 0.321 e. The van der Waals surface area contributed by atoms with Crippen LogP contribution < -0.4 is 5.73 Å². The van der Waals surface area contributed by atoms with Crippen LogP contribution in [0.5, 0.6) is 0 Å². The van der Waals surface area contributed by atoms with E-state index in [1.165, 1.54) is 18.4 Å². The molecule has 0 amide bonds. The molecule has 76 valence electrons. The zero-order valence-electron chi connectivity index (χ0n) is 8.74.